The molecule has 2 aromatic carbocycles. The average Bonchev–Trinajstić information content (AvgIpc) is 3.17. The summed E-state index contributed by atoms with van der Waals surface area (Å²) in [5.41, 5.74) is 6.62. The van der Waals surface area contributed by atoms with Crippen molar-refractivity contribution in [2.24, 2.45) is 5.73 Å². The number of anilines is 1. The number of hydrogen-bond donors (Lipinski definition) is 2. The monoisotopic (exact) mass is 398 g/mol. The van der Waals surface area contributed by atoms with Crippen LogP contribution in [-0.2, 0) is 16.0 Å². The van der Waals surface area contributed by atoms with Crippen LogP contribution in [0, 0.1) is 12.7 Å². The number of nitrogens with zero attached hydrogens (tertiary/aromatic N) is 2. The molecule has 8 nitrogen and oxygen atoms in total. The van der Waals surface area contributed by atoms with E-state index in [-0.39, 0.29) is 42.9 Å². The molecule has 0 fully saturated rings. The zero-order chi connectivity index (χ0) is 20.8. The highest BCUT2D eigenvalue weighted by Crippen LogP contribution is 2.20. The van der Waals surface area contributed by atoms with Crippen LogP contribution in [0.25, 0.3) is 11.4 Å². The molecule has 29 heavy (non-hydrogen) atoms. The van der Waals surface area contributed by atoms with E-state index in [0.29, 0.717) is 22.6 Å². The lowest BCUT2D eigenvalue weighted by Crippen LogP contribution is -2.20. The minimum Gasteiger partial charge on any atom is -0.484 e. The fourth-order valence-electron chi connectivity index (χ4n) is 2.44. The van der Waals surface area contributed by atoms with Crippen molar-refractivity contribution in [3.8, 4) is 17.1 Å². The van der Waals surface area contributed by atoms with Gasteiger partial charge >= 0.3 is 0 Å². The molecule has 3 rings (SSSR count). The molecule has 0 radical (unpaired) electrons. The Hall–Kier alpha value is -3.75. The van der Waals surface area contributed by atoms with Gasteiger partial charge in [-0.2, -0.15) is 4.98 Å². The number of benzene rings is 2. The lowest BCUT2D eigenvalue weighted by molar-refractivity contribution is -0.120. The Bertz CT molecular complexity index is 1020. The Labute approximate surface area is 165 Å². The van der Waals surface area contributed by atoms with Gasteiger partial charge in [0.1, 0.15) is 11.6 Å². The van der Waals surface area contributed by atoms with Gasteiger partial charge in [0.25, 0.3) is 5.91 Å². The zero-order valence-corrected chi connectivity index (χ0v) is 15.6. The van der Waals surface area contributed by atoms with E-state index in [1.54, 1.807) is 43.3 Å². The molecule has 0 atom stereocenters. The number of hydrogen-bond acceptors (Lipinski definition) is 6. The van der Waals surface area contributed by atoms with Gasteiger partial charge in [-0.1, -0.05) is 17.3 Å². The summed E-state index contributed by atoms with van der Waals surface area (Å²) >= 11 is 0. The minimum atomic E-state index is -0.570. The third-order valence-corrected chi connectivity index (χ3v) is 3.98. The molecule has 3 aromatic rings. The number of carbonyl (C=O) groups excluding carboxylic acids is 2. The van der Waals surface area contributed by atoms with Crippen molar-refractivity contribution in [2.75, 3.05) is 11.9 Å². The molecule has 1 heterocycles. The fourth-order valence-corrected chi connectivity index (χ4v) is 2.44. The molecule has 0 bridgehead atoms. The minimum absolute atomic E-state index is 0.129. The predicted molar refractivity (Wildman–Crippen MR) is 103 cm³/mol. The van der Waals surface area contributed by atoms with Crippen molar-refractivity contribution in [1.82, 2.24) is 10.1 Å². The molecule has 0 spiro atoms. The summed E-state index contributed by atoms with van der Waals surface area (Å²) in [5, 5.41) is 6.56. The SMILES string of the molecule is Cc1ccc(-c2noc(CCC(=O)Nc3ccc(OCC(N)=O)cc3)n2)cc1F. The molecule has 0 saturated heterocycles. The number of aromatic nitrogens is 2. The van der Waals surface area contributed by atoms with Gasteiger partial charge in [-0.15, -0.1) is 0 Å². The number of rotatable bonds is 8. The van der Waals surface area contributed by atoms with E-state index in [1.807, 2.05) is 0 Å². The summed E-state index contributed by atoms with van der Waals surface area (Å²) in [6, 6.07) is 11.2. The first-order valence-corrected chi connectivity index (χ1v) is 8.81. The van der Waals surface area contributed by atoms with Crippen molar-refractivity contribution >= 4 is 17.5 Å². The van der Waals surface area contributed by atoms with Crippen molar-refractivity contribution in [3.05, 3.63) is 59.7 Å². The molecule has 9 heteroatoms. The second-order valence-corrected chi connectivity index (χ2v) is 6.30. The van der Waals surface area contributed by atoms with Gasteiger partial charge in [0.2, 0.25) is 17.6 Å². The number of amides is 2. The van der Waals surface area contributed by atoms with E-state index < -0.39 is 5.91 Å². The molecular formula is C20H19FN4O4. The Morgan fingerprint density at radius 3 is 2.66 bits per heavy atom. The summed E-state index contributed by atoms with van der Waals surface area (Å²) in [7, 11) is 0. The average molecular weight is 398 g/mol. The summed E-state index contributed by atoms with van der Waals surface area (Å²) in [4.78, 5) is 27.0. The zero-order valence-electron chi connectivity index (χ0n) is 15.6. The van der Waals surface area contributed by atoms with Crippen LogP contribution in [-0.4, -0.2) is 28.6 Å². The van der Waals surface area contributed by atoms with E-state index in [0.717, 1.165) is 0 Å². The molecule has 0 aliphatic carbocycles. The summed E-state index contributed by atoms with van der Waals surface area (Å²) in [6.45, 7) is 1.45. The molecule has 0 unspecified atom stereocenters. The maximum Gasteiger partial charge on any atom is 0.255 e. The largest absolute Gasteiger partial charge is 0.484 e. The Balaban J connectivity index is 1.51. The molecule has 150 valence electrons. The van der Waals surface area contributed by atoms with Crippen molar-refractivity contribution in [3.63, 3.8) is 0 Å². The number of primary amides is 1. The van der Waals surface area contributed by atoms with Gasteiger partial charge in [-0.25, -0.2) is 4.39 Å². The molecule has 0 aliphatic heterocycles. The summed E-state index contributed by atoms with van der Waals surface area (Å²) in [6.07, 6.45) is 0.372. The van der Waals surface area contributed by atoms with Gasteiger partial charge in [0.15, 0.2) is 6.61 Å². The van der Waals surface area contributed by atoms with Crippen LogP contribution in [0.4, 0.5) is 10.1 Å². The maximum absolute atomic E-state index is 13.7. The number of nitrogens with one attached hydrogen (secondary N) is 1. The number of carbonyl (C=O) groups is 2. The first-order chi connectivity index (χ1) is 13.9. The van der Waals surface area contributed by atoms with Gasteiger partial charge in [0.05, 0.1) is 0 Å². The van der Waals surface area contributed by atoms with E-state index in [4.69, 9.17) is 15.0 Å². The highest BCUT2D eigenvalue weighted by atomic mass is 19.1. The number of aryl methyl sites for hydroxylation is 2. The van der Waals surface area contributed by atoms with E-state index >= 15 is 0 Å². The van der Waals surface area contributed by atoms with Crippen LogP contribution in [0.5, 0.6) is 5.75 Å². The fraction of sp³-hybridized carbons (Fsp3) is 0.200. The molecular weight excluding hydrogens is 379 g/mol. The van der Waals surface area contributed by atoms with Crippen LogP contribution < -0.4 is 15.8 Å². The van der Waals surface area contributed by atoms with E-state index in [2.05, 4.69) is 15.5 Å². The molecule has 2 amide bonds. The van der Waals surface area contributed by atoms with Crippen LogP contribution in [0.1, 0.15) is 17.9 Å². The third kappa shape index (κ3) is 5.61. The number of halogens is 1. The van der Waals surface area contributed by atoms with Crippen molar-refractivity contribution < 1.29 is 23.2 Å². The number of nitrogens with two attached hydrogens (primary N) is 1. The molecule has 0 aliphatic rings. The topological polar surface area (TPSA) is 120 Å². The first kappa shape index (κ1) is 20.0. The normalized spacial score (nSPS) is 10.6. The summed E-state index contributed by atoms with van der Waals surface area (Å²) < 4.78 is 23.9. The van der Waals surface area contributed by atoms with Crippen LogP contribution in [0.2, 0.25) is 0 Å². The first-order valence-electron chi connectivity index (χ1n) is 8.81. The molecule has 3 N–H and O–H groups in total. The van der Waals surface area contributed by atoms with Crippen LogP contribution in [0.3, 0.4) is 0 Å². The second-order valence-electron chi connectivity index (χ2n) is 6.30. The Morgan fingerprint density at radius 1 is 1.21 bits per heavy atom. The van der Waals surface area contributed by atoms with E-state index in [1.165, 1.54) is 6.07 Å². The lowest BCUT2D eigenvalue weighted by Gasteiger charge is -2.06. The smallest absolute Gasteiger partial charge is 0.255 e. The number of ether oxygens (including phenoxy) is 1. The highest BCUT2D eigenvalue weighted by Gasteiger charge is 2.12. The molecule has 0 saturated carbocycles. The third-order valence-electron chi connectivity index (χ3n) is 3.98. The van der Waals surface area contributed by atoms with Crippen molar-refractivity contribution in [1.29, 1.82) is 0 Å². The Morgan fingerprint density at radius 2 is 1.97 bits per heavy atom. The van der Waals surface area contributed by atoms with E-state index in [9.17, 15) is 14.0 Å². The predicted octanol–water partition coefficient (Wildman–Crippen LogP) is 2.62. The maximum atomic E-state index is 13.7. The van der Waals surface area contributed by atoms with Crippen LogP contribution in [0.15, 0.2) is 47.0 Å². The summed E-state index contributed by atoms with van der Waals surface area (Å²) in [5.74, 6) is -0.139. The molecule has 1 aromatic heterocycles. The van der Waals surface area contributed by atoms with Gasteiger partial charge in [-0.05, 0) is 42.8 Å². The van der Waals surface area contributed by atoms with Crippen molar-refractivity contribution in [2.45, 2.75) is 19.8 Å². The second kappa shape index (κ2) is 8.96. The quantitative estimate of drug-likeness (QED) is 0.602. The highest BCUT2D eigenvalue weighted by molar-refractivity contribution is 5.90. The van der Waals surface area contributed by atoms with Crippen LogP contribution >= 0.6 is 0 Å². The van der Waals surface area contributed by atoms with Gasteiger partial charge in [-0.3, -0.25) is 9.59 Å². The Kier molecular flexibility index (Phi) is 6.18. The van der Waals surface area contributed by atoms with Gasteiger partial charge < -0.3 is 20.3 Å². The van der Waals surface area contributed by atoms with Gasteiger partial charge in [0, 0.05) is 24.1 Å². The lowest BCUT2D eigenvalue weighted by atomic mass is 10.1. The standard InChI is InChI=1S/C20H19FN4O4/c1-12-2-3-13(10-16(12)21)20-24-19(29-25-20)9-8-18(27)23-14-4-6-15(7-5-14)28-11-17(22)26/h2-7,10H,8-9,11H2,1H3,(H2,22,26)(H,23,27).